The van der Waals surface area contributed by atoms with Crippen LogP contribution >= 0.6 is 11.3 Å². The van der Waals surface area contributed by atoms with Crippen molar-refractivity contribution in [1.29, 1.82) is 0 Å². The summed E-state index contributed by atoms with van der Waals surface area (Å²) >= 11 is 1.67. The molecule has 0 amide bonds. The van der Waals surface area contributed by atoms with Crippen LogP contribution in [0.3, 0.4) is 0 Å². The maximum absolute atomic E-state index is 4.57. The predicted octanol–water partition coefficient (Wildman–Crippen LogP) is 2.20. The van der Waals surface area contributed by atoms with Gasteiger partial charge >= 0.3 is 0 Å². The number of nitrogens with one attached hydrogen (secondary N) is 2. The molecule has 3 rings (SSSR count). The molecule has 3 heterocycles. The summed E-state index contributed by atoms with van der Waals surface area (Å²) in [6.45, 7) is 3.32. The van der Waals surface area contributed by atoms with Crippen molar-refractivity contribution in [1.82, 2.24) is 20.5 Å². The lowest BCUT2D eigenvalue weighted by atomic mass is 10.0. The second kappa shape index (κ2) is 3.99. The molecule has 0 aromatic carbocycles. The van der Waals surface area contributed by atoms with E-state index in [1.807, 2.05) is 17.5 Å². The first-order valence-corrected chi connectivity index (χ1v) is 6.42. The molecule has 0 saturated carbocycles. The van der Waals surface area contributed by atoms with Crippen LogP contribution in [0.1, 0.15) is 25.2 Å². The zero-order valence-electron chi connectivity index (χ0n) is 9.10. The zero-order chi connectivity index (χ0) is 11.0. The summed E-state index contributed by atoms with van der Waals surface area (Å²) in [5.41, 5.74) is 0. The fourth-order valence-corrected chi connectivity index (χ4v) is 2.79. The van der Waals surface area contributed by atoms with Gasteiger partial charge in [-0.2, -0.15) is 5.10 Å². The standard InChI is InChI=1S/C11H14N4S/c1-7-4-5-12-9(7)11-13-10(14-15-11)8-3-2-6-16-8/h2-3,6-7,9,12H,4-5H2,1H3,(H,13,14,15). The number of nitrogens with zero attached hydrogens (tertiary/aromatic N) is 2. The van der Waals surface area contributed by atoms with E-state index in [0.29, 0.717) is 12.0 Å². The molecule has 2 aromatic rings. The summed E-state index contributed by atoms with van der Waals surface area (Å²) in [5.74, 6) is 2.41. The molecule has 16 heavy (non-hydrogen) atoms. The molecular formula is C11H14N4S. The van der Waals surface area contributed by atoms with Crippen molar-refractivity contribution in [3.8, 4) is 10.7 Å². The summed E-state index contributed by atoms with van der Waals surface area (Å²) in [5, 5.41) is 12.8. The van der Waals surface area contributed by atoms with Gasteiger partial charge in [0.2, 0.25) is 0 Å². The van der Waals surface area contributed by atoms with Gasteiger partial charge in [-0.05, 0) is 30.3 Å². The number of thiophene rings is 1. The van der Waals surface area contributed by atoms with Gasteiger partial charge in [0.1, 0.15) is 5.82 Å². The first-order valence-electron chi connectivity index (χ1n) is 5.54. The predicted molar refractivity (Wildman–Crippen MR) is 64.2 cm³/mol. The Hall–Kier alpha value is -1.20. The van der Waals surface area contributed by atoms with Crippen molar-refractivity contribution >= 4 is 11.3 Å². The second-order valence-corrected chi connectivity index (χ2v) is 5.17. The van der Waals surface area contributed by atoms with Crippen LogP contribution in [-0.2, 0) is 0 Å². The first-order chi connectivity index (χ1) is 7.84. The minimum absolute atomic E-state index is 0.334. The molecule has 2 atom stereocenters. The number of aromatic nitrogens is 3. The summed E-state index contributed by atoms with van der Waals surface area (Å²) in [4.78, 5) is 5.69. The van der Waals surface area contributed by atoms with Crippen LogP contribution in [0.2, 0.25) is 0 Å². The van der Waals surface area contributed by atoms with Gasteiger partial charge in [0.05, 0.1) is 10.9 Å². The molecule has 2 N–H and O–H groups in total. The molecule has 5 heteroatoms. The Kier molecular flexibility index (Phi) is 2.49. The Morgan fingerprint density at radius 2 is 2.44 bits per heavy atom. The lowest BCUT2D eigenvalue weighted by molar-refractivity contribution is 0.481. The van der Waals surface area contributed by atoms with Gasteiger partial charge in [0.25, 0.3) is 0 Å². The molecule has 1 fully saturated rings. The quantitative estimate of drug-likeness (QED) is 0.837. The van der Waals surface area contributed by atoms with Crippen LogP contribution in [0.4, 0.5) is 0 Å². The average molecular weight is 234 g/mol. The molecule has 0 radical (unpaired) electrons. The number of hydrogen-bond acceptors (Lipinski definition) is 4. The van der Waals surface area contributed by atoms with E-state index in [0.717, 1.165) is 23.1 Å². The smallest absolute Gasteiger partial charge is 0.191 e. The van der Waals surface area contributed by atoms with Crippen molar-refractivity contribution in [2.24, 2.45) is 5.92 Å². The van der Waals surface area contributed by atoms with E-state index in [1.54, 1.807) is 11.3 Å². The molecule has 1 aliphatic heterocycles. The van der Waals surface area contributed by atoms with Crippen molar-refractivity contribution < 1.29 is 0 Å². The van der Waals surface area contributed by atoms with Crippen molar-refractivity contribution in [3.63, 3.8) is 0 Å². The maximum Gasteiger partial charge on any atom is 0.191 e. The topological polar surface area (TPSA) is 53.6 Å². The molecule has 0 spiro atoms. The van der Waals surface area contributed by atoms with E-state index in [2.05, 4.69) is 27.4 Å². The zero-order valence-corrected chi connectivity index (χ0v) is 9.92. The van der Waals surface area contributed by atoms with Crippen LogP contribution in [0.25, 0.3) is 10.7 Å². The minimum atomic E-state index is 0.334. The molecule has 1 saturated heterocycles. The van der Waals surface area contributed by atoms with Gasteiger partial charge in [0.15, 0.2) is 5.82 Å². The summed E-state index contributed by atoms with van der Waals surface area (Å²) in [6, 6.07) is 4.40. The van der Waals surface area contributed by atoms with Crippen molar-refractivity contribution in [3.05, 3.63) is 23.3 Å². The number of hydrogen-bond donors (Lipinski definition) is 2. The van der Waals surface area contributed by atoms with E-state index in [-0.39, 0.29) is 0 Å². The Labute approximate surface area is 98.1 Å². The van der Waals surface area contributed by atoms with Gasteiger partial charge in [-0.25, -0.2) is 4.98 Å². The Bertz CT molecular complexity index is 462. The minimum Gasteiger partial charge on any atom is -0.307 e. The van der Waals surface area contributed by atoms with E-state index in [9.17, 15) is 0 Å². The Morgan fingerprint density at radius 3 is 3.12 bits per heavy atom. The number of rotatable bonds is 2. The summed E-state index contributed by atoms with van der Waals surface area (Å²) in [7, 11) is 0. The van der Waals surface area contributed by atoms with Gasteiger partial charge < -0.3 is 5.32 Å². The highest BCUT2D eigenvalue weighted by Crippen LogP contribution is 2.28. The third kappa shape index (κ3) is 1.66. The normalized spacial score (nSPS) is 25.1. The van der Waals surface area contributed by atoms with Gasteiger partial charge in [0, 0.05) is 0 Å². The fourth-order valence-electron chi connectivity index (χ4n) is 2.13. The monoisotopic (exact) mass is 234 g/mol. The lowest BCUT2D eigenvalue weighted by Gasteiger charge is -2.10. The molecule has 0 bridgehead atoms. The van der Waals surface area contributed by atoms with Gasteiger partial charge in [-0.3, -0.25) is 5.10 Å². The highest BCUT2D eigenvalue weighted by atomic mass is 32.1. The molecule has 1 aliphatic rings. The highest BCUT2D eigenvalue weighted by molar-refractivity contribution is 7.13. The Morgan fingerprint density at radius 1 is 1.50 bits per heavy atom. The van der Waals surface area contributed by atoms with Crippen LogP contribution in [0, 0.1) is 5.92 Å². The maximum atomic E-state index is 4.57. The van der Waals surface area contributed by atoms with Crippen LogP contribution < -0.4 is 5.32 Å². The van der Waals surface area contributed by atoms with Crippen molar-refractivity contribution in [2.45, 2.75) is 19.4 Å². The van der Waals surface area contributed by atoms with E-state index >= 15 is 0 Å². The van der Waals surface area contributed by atoms with Gasteiger partial charge in [-0.1, -0.05) is 13.0 Å². The Balaban J connectivity index is 1.88. The number of aromatic amines is 1. The average Bonchev–Trinajstić information content (AvgIpc) is 2.96. The molecule has 4 nitrogen and oxygen atoms in total. The van der Waals surface area contributed by atoms with Crippen LogP contribution in [0.5, 0.6) is 0 Å². The second-order valence-electron chi connectivity index (χ2n) is 4.22. The molecule has 0 aliphatic carbocycles. The lowest BCUT2D eigenvalue weighted by Crippen LogP contribution is -2.17. The SMILES string of the molecule is CC1CCNC1c1nc(-c2cccs2)n[nH]1. The highest BCUT2D eigenvalue weighted by Gasteiger charge is 2.27. The van der Waals surface area contributed by atoms with Crippen molar-refractivity contribution in [2.75, 3.05) is 6.54 Å². The third-order valence-corrected chi connectivity index (χ3v) is 3.94. The first kappa shape index (κ1) is 9.99. The summed E-state index contributed by atoms with van der Waals surface area (Å²) in [6.07, 6.45) is 1.21. The molecule has 2 unspecified atom stereocenters. The van der Waals surface area contributed by atoms with E-state index in [4.69, 9.17) is 0 Å². The number of H-pyrrole nitrogens is 1. The fraction of sp³-hybridized carbons (Fsp3) is 0.455. The van der Waals surface area contributed by atoms with Crippen LogP contribution in [-0.4, -0.2) is 21.7 Å². The summed E-state index contributed by atoms with van der Waals surface area (Å²) < 4.78 is 0. The van der Waals surface area contributed by atoms with Crippen LogP contribution in [0.15, 0.2) is 17.5 Å². The third-order valence-electron chi connectivity index (χ3n) is 3.07. The largest absolute Gasteiger partial charge is 0.307 e. The van der Waals surface area contributed by atoms with Gasteiger partial charge in [-0.15, -0.1) is 11.3 Å². The molecular weight excluding hydrogens is 220 g/mol. The molecule has 2 aromatic heterocycles. The van der Waals surface area contributed by atoms with E-state index < -0.39 is 0 Å². The molecule has 84 valence electrons. The van der Waals surface area contributed by atoms with E-state index in [1.165, 1.54) is 6.42 Å².